The van der Waals surface area contributed by atoms with Gasteiger partial charge < -0.3 is 5.32 Å². The van der Waals surface area contributed by atoms with Crippen molar-refractivity contribution >= 4 is 15.9 Å². The van der Waals surface area contributed by atoms with Gasteiger partial charge in [-0.1, -0.05) is 28.9 Å². The van der Waals surface area contributed by atoms with E-state index in [1.54, 1.807) is 0 Å². The summed E-state index contributed by atoms with van der Waals surface area (Å²) < 4.78 is 1.14. The standard InChI is InChI=1S/C17H21BrN2/c1-3-8-20-17(11-14-6-9-19-10-7-14)16-12-15(18)5-4-13(16)2/h4-7,9-10,12,17,20H,3,8,11H2,1-2H3. The number of hydrogen-bond acceptors (Lipinski definition) is 2. The van der Waals surface area contributed by atoms with Gasteiger partial charge in [0.1, 0.15) is 0 Å². The minimum absolute atomic E-state index is 0.342. The van der Waals surface area contributed by atoms with E-state index in [0.29, 0.717) is 6.04 Å². The van der Waals surface area contributed by atoms with Crippen molar-refractivity contribution in [3.63, 3.8) is 0 Å². The van der Waals surface area contributed by atoms with Crippen LogP contribution >= 0.6 is 15.9 Å². The van der Waals surface area contributed by atoms with Crippen molar-refractivity contribution in [1.29, 1.82) is 0 Å². The molecule has 0 aliphatic carbocycles. The molecule has 2 nitrogen and oxygen atoms in total. The van der Waals surface area contributed by atoms with Crippen molar-refractivity contribution in [2.24, 2.45) is 0 Å². The fraction of sp³-hybridized carbons (Fsp3) is 0.353. The van der Waals surface area contributed by atoms with E-state index in [9.17, 15) is 0 Å². The lowest BCUT2D eigenvalue weighted by molar-refractivity contribution is 0.527. The fourth-order valence-corrected chi connectivity index (χ4v) is 2.73. The molecule has 0 spiro atoms. The lowest BCUT2D eigenvalue weighted by atomic mass is 9.95. The number of hydrogen-bond donors (Lipinski definition) is 1. The molecular formula is C17H21BrN2. The van der Waals surface area contributed by atoms with Gasteiger partial charge in [-0.15, -0.1) is 0 Å². The minimum Gasteiger partial charge on any atom is -0.310 e. The molecule has 0 aliphatic rings. The van der Waals surface area contributed by atoms with Crippen LogP contribution in [0.5, 0.6) is 0 Å². The minimum atomic E-state index is 0.342. The molecule has 1 atom stereocenters. The number of nitrogens with zero attached hydrogens (tertiary/aromatic N) is 1. The second-order valence-corrected chi connectivity index (χ2v) is 5.98. The number of benzene rings is 1. The van der Waals surface area contributed by atoms with E-state index in [4.69, 9.17) is 0 Å². The Morgan fingerprint density at radius 3 is 2.65 bits per heavy atom. The lowest BCUT2D eigenvalue weighted by Crippen LogP contribution is -2.24. The Kier molecular flexibility index (Phi) is 5.74. The molecule has 1 N–H and O–H groups in total. The van der Waals surface area contributed by atoms with Crippen LogP contribution in [0.4, 0.5) is 0 Å². The van der Waals surface area contributed by atoms with E-state index in [0.717, 1.165) is 23.9 Å². The van der Waals surface area contributed by atoms with Crippen molar-refractivity contribution in [3.05, 3.63) is 63.9 Å². The van der Waals surface area contributed by atoms with Crippen molar-refractivity contribution < 1.29 is 0 Å². The summed E-state index contributed by atoms with van der Waals surface area (Å²) in [6.07, 6.45) is 5.85. The zero-order valence-electron chi connectivity index (χ0n) is 12.1. The molecule has 0 saturated heterocycles. The zero-order valence-corrected chi connectivity index (χ0v) is 13.7. The Bertz CT molecular complexity index is 540. The van der Waals surface area contributed by atoms with Crippen LogP contribution in [0.25, 0.3) is 0 Å². The molecule has 1 unspecified atom stereocenters. The zero-order chi connectivity index (χ0) is 14.4. The van der Waals surface area contributed by atoms with Gasteiger partial charge in [0.25, 0.3) is 0 Å². The summed E-state index contributed by atoms with van der Waals surface area (Å²) in [5.74, 6) is 0. The summed E-state index contributed by atoms with van der Waals surface area (Å²) in [7, 11) is 0. The maximum absolute atomic E-state index is 4.09. The third kappa shape index (κ3) is 4.15. The van der Waals surface area contributed by atoms with Crippen LogP contribution in [-0.4, -0.2) is 11.5 Å². The molecule has 1 aromatic heterocycles. The molecule has 0 saturated carbocycles. The van der Waals surface area contributed by atoms with Gasteiger partial charge in [0.05, 0.1) is 0 Å². The molecule has 3 heteroatoms. The Balaban J connectivity index is 2.24. The van der Waals surface area contributed by atoms with Gasteiger partial charge in [0.2, 0.25) is 0 Å². The second kappa shape index (κ2) is 7.55. The third-order valence-corrected chi connectivity index (χ3v) is 3.94. The van der Waals surface area contributed by atoms with Crippen LogP contribution in [0.1, 0.15) is 36.1 Å². The van der Waals surface area contributed by atoms with Crippen molar-refractivity contribution in [3.8, 4) is 0 Å². The van der Waals surface area contributed by atoms with Crippen LogP contribution in [0.15, 0.2) is 47.2 Å². The highest BCUT2D eigenvalue weighted by molar-refractivity contribution is 9.10. The summed E-state index contributed by atoms with van der Waals surface area (Å²) in [6, 6.07) is 11.0. The topological polar surface area (TPSA) is 24.9 Å². The second-order valence-electron chi connectivity index (χ2n) is 5.07. The van der Waals surface area contributed by atoms with Gasteiger partial charge in [-0.25, -0.2) is 0 Å². The van der Waals surface area contributed by atoms with E-state index >= 15 is 0 Å². The molecular weight excluding hydrogens is 312 g/mol. The summed E-state index contributed by atoms with van der Waals surface area (Å²) >= 11 is 3.58. The molecule has 1 heterocycles. The molecule has 0 amide bonds. The molecule has 0 radical (unpaired) electrons. The highest BCUT2D eigenvalue weighted by Crippen LogP contribution is 2.25. The molecule has 106 valence electrons. The molecule has 1 aromatic carbocycles. The van der Waals surface area contributed by atoms with E-state index in [-0.39, 0.29) is 0 Å². The number of pyridine rings is 1. The predicted octanol–water partition coefficient (Wildman–Crippen LogP) is 4.44. The van der Waals surface area contributed by atoms with E-state index in [1.807, 2.05) is 12.4 Å². The highest BCUT2D eigenvalue weighted by Gasteiger charge is 2.14. The molecule has 0 bridgehead atoms. The summed E-state index contributed by atoms with van der Waals surface area (Å²) in [6.45, 7) is 5.40. The van der Waals surface area contributed by atoms with Crippen molar-refractivity contribution in [1.82, 2.24) is 10.3 Å². The smallest absolute Gasteiger partial charge is 0.0363 e. The van der Waals surface area contributed by atoms with Crippen molar-refractivity contribution in [2.45, 2.75) is 32.7 Å². The van der Waals surface area contributed by atoms with Crippen LogP contribution in [0, 0.1) is 6.92 Å². The van der Waals surface area contributed by atoms with Crippen LogP contribution in [-0.2, 0) is 6.42 Å². The summed E-state index contributed by atoms with van der Waals surface area (Å²) in [5, 5.41) is 3.66. The monoisotopic (exact) mass is 332 g/mol. The third-order valence-electron chi connectivity index (χ3n) is 3.45. The van der Waals surface area contributed by atoms with Crippen molar-refractivity contribution in [2.75, 3.05) is 6.54 Å². The first-order chi connectivity index (χ1) is 9.70. The highest BCUT2D eigenvalue weighted by atomic mass is 79.9. The number of nitrogens with one attached hydrogen (secondary N) is 1. The first kappa shape index (κ1) is 15.2. The average Bonchev–Trinajstić information content (AvgIpc) is 2.47. The van der Waals surface area contributed by atoms with E-state index in [2.05, 4.69) is 70.4 Å². The quantitative estimate of drug-likeness (QED) is 0.846. The van der Waals surface area contributed by atoms with Crippen LogP contribution in [0.2, 0.25) is 0 Å². The van der Waals surface area contributed by atoms with Gasteiger partial charge in [0, 0.05) is 22.9 Å². The summed E-state index contributed by atoms with van der Waals surface area (Å²) in [4.78, 5) is 4.09. The van der Waals surface area contributed by atoms with Crippen LogP contribution < -0.4 is 5.32 Å². The average molecular weight is 333 g/mol. The van der Waals surface area contributed by atoms with Gasteiger partial charge in [-0.2, -0.15) is 0 Å². The van der Waals surface area contributed by atoms with Crippen LogP contribution in [0.3, 0.4) is 0 Å². The lowest BCUT2D eigenvalue weighted by Gasteiger charge is -2.21. The Hall–Kier alpha value is -1.19. The largest absolute Gasteiger partial charge is 0.310 e. The SMILES string of the molecule is CCCNC(Cc1ccncc1)c1cc(Br)ccc1C. The number of aromatic nitrogens is 1. The van der Waals surface area contributed by atoms with E-state index < -0.39 is 0 Å². The molecule has 0 fully saturated rings. The van der Waals surface area contributed by atoms with Gasteiger partial charge in [0.15, 0.2) is 0 Å². The normalized spacial score (nSPS) is 12.3. The van der Waals surface area contributed by atoms with E-state index in [1.165, 1.54) is 16.7 Å². The Morgan fingerprint density at radius 2 is 1.95 bits per heavy atom. The number of halogens is 1. The maximum Gasteiger partial charge on any atom is 0.0363 e. The summed E-state index contributed by atoms with van der Waals surface area (Å²) in [5.41, 5.74) is 4.01. The Morgan fingerprint density at radius 1 is 1.20 bits per heavy atom. The first-order valence-electron chi connectivity index (χ1n) is 7.09. The Labute approximate surface area is 129 Å². The molecule has 0 aliphatic heterocycles. The fourth-order valence-electron chi connectivity index (χ4n) is 2.35. The number of rotatable bonds is 6. The van der Waals surface area contributed by atoms with Gasteiger partial charge in [-0.3, -0.25) is 4.98 Å². The van der Waals surface area contributed by atoms with Gasteiger partial charge >= 0.3 is 0 Å². The maximum atomic E-state index is 4.09. The van der Waals surface area contributed by atoms with Gasteiger partial charge in [-0.05, 0) is 67.3 Å². The molecule has 2 rings (SSSR count). The predicted molar refractivity (Wildman–Crippen MR) is 87.9 cm³/mol. The number of aryl methyl sites for hydroxylation is 1. The first-order valence-corrected chi connectivity index (χ1v) is 7.88. The molecule has 20 heavy (non-hydrogen) atoms. The molecule has 2 aromatic rings.